The zero-order chi connectivity index (χ0) is 60.1. The summed E-state index contributed by atoms with van der Waals surface area (Å²) in [6, 6.07) is 55.2. The molecule has 15 heteroatoms. The van der Waals surface area contributed by atoms with E-state index in [0.29, 0.717) is 88.1 Å². The number of aromatic nitrogens is 2. The van der Waals surface area contributed by atoms with Crippen LogP contribution in [-0.2, 0) is 6.18 Å². The molecule has 2 aromatic heterocycles. The van der Waals surface area contributed by atoms with Crippen molar-refractivity contribution < 1.29 is 13.2 Å². The molecule has 0 fully saturated rings. The molecular weight excluding hydrogens is 1080 g/mol. The van der Waals surface area contributed by atoms with Crippen molar-refractivity contribution in [2.75, 3.05) is 0 Å². The standard InChI is InChI=1S/C71H29F3N12/c1-79-48-16-20-50(47(30-48)39-78)43-12-22-63-54(31-43)55-34-46(53-21-17-49(80-2)35-62(53)84-6)15-25-64(55)85(63)67-28-42(38-77)29-68(70(67)69-58(71(72,73)74)8-7-9-59(69)81-3)86-65-23-13-44(51-18-10-40(36-75)26-60(51)82-4)32-56(65)57-33-45(14-24-66(57)86)52-19-11-41(37-76)27-61(52)83-5/h7-35H. The number of nitriles is 4. The number of hydrogen-bond donors (Lipinski definition) is 0. The summed E-state index contributed by atoms with van der Waals surface area (Å²) >= 11 is 0. The highest BCUT2D eigenvalue weighted by molar-refractivity contribution is 6.15. The third kappa shape index (κ3) is 8.64. The average molecular weight is 1110 g/mol. The second kappa shape index (κ2) is 20.9. The van der Waals surface area contributed by atoms with Gasteiger partial charge in [0.05, 0.1) is 108 Å². The lowest BCUT2D eigenvalue weighted by molar-refractivity contribution is -0.137. The van der Waals surface area contributed by atoms with Gasteiger partial charge >= 0.3 is 6.18 Å². The van der Waals surface area contributed by atoms with Crippen LogP contribution in [-0.4, -0.2) is 9.13 Å². The lowest BCUT2D eigenvalue weighted by atomic mass is 9.92. The molecule has 0 atom stereocenters. The largest absolute Gasteiger partial charge is 0.415 e. The summed E-state index contributed by atoms with van der Waals surface area (Å²) in [7, 11) is 0. The summed E-state index contributed by atoms with van der Waals surface area (Å²) in [6.45, 7) is 48.0. The molecule has 0 aliphatic rings. The Labute approximate surface area is 488 Å². The van der Waals surface area contributed by atoms with E-state index in [-0.39, 0.29) is 73.3 Å². The highest BCUT2D eigenvalue weighted by atomic mass is 19.4. The van der Waals surface area contributed by atoms with Crippen molar-refractivity contribution in [1.29, 1.82) is 21.0 Å². The smallest absolute Gasteiger partial charge is 0.309 e. The van der Waals surface area contributed by atoms with E-state index in [1.54, 1.807) is 106 Å². The molecule has 0 N–H and O–H groups in total. The molecule has 0 saturated carbocycles. The number of hydrogen-bond acceptors (Lipinski definition) is 4. The van der Waals surface area contributed by atoms with Gasteiger partial charge in [0.15, 0.2) is 34.1 Å². The fourth-order valence-corrected chi connectivity index (χ4v) is 11.4. The molecule has 0 saturated heterocycles. The fraction of sp³-hybridized carbons (Fsp3) is 0.0141. The number of alkyl halides is 3. The minimum Gasteiger partial charge on any atom is -0.309 e. The highest BCUT2D eigenvalue weighted by Crippen LogP contribution is 2.51. The third-order valence-corrected chi connectivity index (χ3v) is 15.2. The summed E-state index contributed by atoms with van der Waals surface area (Å²) in [4.78, 5) is 22.0. The molecular formula is C71H29F3N12. The molecule has 0 unspecified atom stereocenters. The Balaban J connectivity index is 1.25. The van der Waals surface area contributed by atoms with Crippen LogP contribution < -0.4 is 0 Å². The predicted molar refractivity (Wildman–Crippen MR) is 324 cm³/mol. The lowest BCUT2D eigenvalue weighted by Crippen LogP contribution is -2.11. The van der Waals surface area contributed by atoms with Crippen molar-refractivity contribution in [3.05, 3.63) is 272 Å². The molecule has 0 bridgehead atoms. The maximum atomic E-state index is 16.1. The first-order chi connectivity index (χ1) is 41.8. The van der Waals surface area contributed by atoms with Gasteiger partial charge in [0.2, 0.25) is 0 Å². The first-order valence-corrected chi connectivity index (χ1v) is 25.8. The topological polar surface area (TPSA) is 131 Å². The lowest BCUT2D eigenvalue weighted by Gasteiger charge is -2.24. The number of rotatable bonds is 7. The Morgan fingerprint density at radius 1 is 0.349 bits per heavy atom. The van der Waals surface area contributed by atoms with Crippen molar-refractivity contribution in [2.24, 2.45) is 0 Å². The maximum absolute atomic E-state index is 16.1. The molecule has 12 aromatic rings. The van der Waals surface area contributed by atoms with E-state index in [9.17, 15) is 21.0 Å². The zero-order valence-electron chi connectivity index (χ0n) is 44.2. The molecule has 0 aliphatic carbocycles. The molecule has 12 nitrogen and oxygen atoms in total. The first-order valence-electron chi connectivity index (χ1n) is 25.8. The second-order valence-corrected chi connectivity index (χ2v) is 19.7. The number of fused-ring (bicyclic) bond motifs is 6. The Hall–Kier alpha value is -13.5. The minimum atomic E-state index is -5.05. The molecule has 10 aromatic carbocycles. The van der Waals surface area contributed by atoms with Crippen molar-refractivity contribution in [2.45, 2.75) is 6.18 Å². The maximum Gasteiger partial charge on any atom is 0.415 e. The van der Waals surface area contributed by atoms with Crippen molar-refractivity contribution in [3.8, 4) is 91.3 Å². The van der Waals surface area contributed by atoms with Crippen molar-refractivity contribution in [1.82, 2.24) is 9.13 Å². The number of benzene rings is 10. The van der Waals surface area contributed by atoms with Gasteiger partial charge in [-0.25, -0.2) is 29.1 Å². The van der Waals surface area contributed by atoms with Gasteiger partial charge in [0.1, 0.15) is 0 Å². The Bertz CT molecular complexity index is 4930. The van der Waals surface area contributed by atoms with Crippen LogP contribution in [0.5, 0.6) is 0 Å². The van der Waals surface area contributed by atoms with Crippen LogP contribution >= 0.6 is 0 Å². The Kier molecular flexibility index (Phi) is 12.9. The van der Waals surface area contributed by atoms with Gasteiger partial charge in [-0.15, -0.1) is 0 Å². The molecule has 0 amide bonds. The molecule has 0 radical (unpaired) electrons. The molecule has 2 heterocycles. The van der Waals surface area contributed by atoms with E-state index in [1.165, 1.54) is 48.5 Å². The molecule has 86 heavy (non-hydrogen) atoms. The van der Waals surface area contributed by atoms with Crippen LogP contribution in [0.1, 0.15) is 27.8 Å². The molecule has 0 spiro atoms. The van der Waals surface area contributed by atoms with Gasteiger partial charge in [-0.1, -0.05) is 84.9 Å². The summed E-state index contributed by atoms with van der Waals surface area (Å²) < 4.78 is 51.8. The van der Waals surface area contributed by atoms with Gasteiger partial charge in [0.25, 0.3) is 0 Å². The quantitative estimate of drug-likeness (QED) is 0.147. The van der Waals surface area contributed by atoms with Crippen LogP contribution in [0.4, 0.5) is 47.3 Å². The van der Waals surface area contributed by atoms with Gasteiger partial charge in [-0.2, -0.15) is 34.2 Å². The predicted octanol–water partition coefficient (Wildman–Crippen LogP) is 20.0. The summed E-state index contributed by atoms with van der Waals surface area (Å²) in [6.07, 6.45) is -5.05. The van der Waals surface area contributed by atoms with E-state index >= 15 is 13.2 Å². The van der Waals surface area contributed by atoms with E-state index in [0.717, 1.165) is 6.07 Å². The molecule has 394 valence electrons. The Morgan fingerprint density at radius 2 is 0.744 bits per heavy atom. The average Bonchev–Trinajstić information content (AvgIpc) is 1.55. The van der Waals surface area contributed by atoms with Crippen LogP contribution in [0.3, 0.4) is 0 Å². The van der Waals surface area contributed by atoms with Crippen LogP contribution in [0.25, 0.3) is 140 Å². The second-order valence-electron chi connectivity index (χ2n) is 19.7. The van der Waals surface area contributed by atoms with Crippen molar-refractivity contribution in [3.63, 3.8) is 0 Å². The van der Waals surface area contributed by atoms with Gasteiger partial charge in [0, 0.05) is 49.4 Å². The van der Waals surface area contributed by atoms with Crippen molar-refractivity contribution >= 4 is 77.7 Å². The monoisotopic (exact) mass is 1110 g/mol. The summed E-state index contributed by atoms with van der Waals surface area (Å²) in [5.41, 5.74) is 5.77. The summed E-state index contributed by atoms with van der Waals surface area (Å²) in [5.74, 6) is 0. The first kappa shape index (κ1) is 53.1. The van der Waals surface area contributed by atoms with Crippen LogP contribution in [0, 0.1) is 84.8 Å². The van der Waals surface area contributed by atoms with Gasteiger partial charge in [-0.3, -0.25) is 0 Å². The number of halogens is 3. The van der Waals surface area contributed by atoms with E-state index in [4.69, 9.17) is 39.4 Å². The van der Waals surface area contributed by atoms with E-state index in [1.807, 2.05) is 24.3 Å². The van der Waals surface area contributed by atoms with Gasteiger partial charge in [-0.05, 0) is 136 Å². The van der Waals surface area contributed by atoms with Gasteiger partial charge < -0.3 is 9.13 Å². The Morgan fingerprint density at radius 3 is 1.14 bits per heavy atom. The fourth-order valence-electron chi connectivity index (χ4n) is 11.4. The molecule has 0 aliphatic heterocycles. The molecule has 12 rings (SSSR count). The van der Waals surface area contributed by atoms with Crippen LogP contribution in [0.2, 0.25) is 0 Å². The SMILES string of the molecule is [C-]#[N+]c1ccc(-c2ccc3c(c2)c2cc(-c4ccc([N+]#[C-])cc4[N+]#[C-])ccc2n3-c2cc(C#N)cc(-n3c4ccc(-c5ccc(C#N)cc5[N+]#[C-])cc4c4cc(-c5ccc(C#N)cc5[N+]#[C-])ccc43)c2-c2c([N+]#[C-])cccc2C(F)(F)F)c(C#N)c1. The van der Waals surface area contributed by atoms with E-state index in [2.05, 4.69) is 53.3 Å². The number of nitrogens with zero attached hydrogens (tertiary/aromatic N) is 12. The normalized spacial score (nSPS) is 10.8. The van der Waals surface area contributed by atoms with Crippen LogP contribution in [0.15, 0.2) is 176 Å². The van der Waals surface area contributed by atoms with E-state index < -0.39 is 17.3 Å². The zero-order valence-corrected chi connectivity index (χ0v) is 44.2. The highest BCUT2D eigenvalue weighted by Gasteiger charge is 2.37. The summed E-state index contributed by atoms with van der Waals surface area (Å²) in [5, 5.41) is 43.2. The third-order valence-electron chi connectivity index (χ3n) is 15.2. The minimum absolute atomic E-state index is 0.0119.